The van der Waals surface area contributed by atoms with E-state index < -0.39 is 0 Å². The standard InChI is InChI=1S/C8H17NO3S/c1-6(4-10)13-5-7(9-2)8(11)12-3/h6-7,9-10H,4-5H2,1-3H3. The highest BCUT2D eigenvalue weighted by Crippen LogP contribution is 2.11. The van der Waals surface area contributed by atoms with E-state index in [1.54, 1.807) is 7.05 Å². The first-order chi connectivity index (χ1) is 6.15. The SMILES string of the molecule is CNC(CSC(C)CO)C(=O)OC. The van der Waals surface area contributed by atoms with Gasteiger partial charge in [0.15, 0.2) is 0 Å². The monoisotopic (exact) mass is 207 g/mol. The van der Waals surface area contributed by atoms with Crippen LogP contribution in [0, 0.1) is 0 Å². The van der Waals surface area contributed by atoms with Gasteiger partial charge in [-0.05, 0) is 7.05 Å². The highest BCUT2D eigenvalue weighted by Gasteiger charge is 2.17. The molecule has 0 saturated carbocycles. The van der Waals surface area contributed by atoms with E-state index in [9.17, 15) is 4.79 Å². The number of aliphatic hydroxyl groups excluding tert-OH is 1. The van der Waals surface area contributed by atoms with Gasteiger partial charge in [0.2, 0.25) is 0 Å². The summed E-state index contributed by atoms with van der Waals surface area (Å²) in [6.45, 7) is 2.04. The van der Waals surface area contributed by atoms with E-state index in [2.05, 4.69) is 10.1 Å². The third kappa shape index (κ3) is 5.13. The fourth-order valence-electron chi connectivity index (χ4n) is 0.725. The van der Waals surface area contributed by atoms with Gasteiger partial charge in [-0.2, -0.15) is 11.8 Å². The van der Waals surface area contributed by atoms with Crippen molar-refractivity contribution in [2.45, 2.75) is 18.2 Å². The van der Waals surface area contributed by atoms with E-state index in [4.69, 9.17) is 5.11 Å². The summed E-state index contributed by atoms with van der Waals surface area (Å²) in [6.07, 6.45) is 0. The van der Waals surface area contributed by atoms with Crippen molar-refractivity contribution in [1.82, 2.24) is 5.32 Å². The maximum atomic E-state index is 11.1. The predicted octanol–water partition coefficient (Wildman–Crippen LogP) is -0.139. The first-order valence-electron chi connectivity index (χ1n) is 4.13. The molecule has 0 bridgehead atoms. The Morgan fingerprint density at radius 2 is 2.31 bits per heavy atom. The van der Waals surface area contributed by atoms with Crippen molar-refractivity contribution in [2.75, 3.05) is 26.5 Å². The van der Waals surface area contributed by atoms with E-state index >= 15 is 0 Å². The molecule has 0 aromatic carbocycles. The summed E-state index contributed by atoms with van der Waals surface area (Å²) >= 11 is 1.54. The number of hydrogen-bond acceptors (Lipinski definition) is 5. The van der Waals surface area contributed by atoms with Gasteiger partial charge in [-0.3, -0.25) is 4.79 Å². The summed E-state index contributed by atoms with van der Waals surface area (Å²) in [6, 6.07) is -0.288. The molecule has 0 radical (unpaired) electrons. The third-order valence-corrected chi connectivity index (χ3v) is 2.88. The topological polar surface area (TPSA) is 58.6 Å². The highest BCUT2D eigenvalue weighted by molar-refractivity contribution is 7.99. The summed E-state index contributed by atoms with van der Waals surface area (Å²) in [4.78, 5) is 11.1. The molecule has 4 nitrogen and oxygen atoms in total. The van der Waals surface area contributed by atoms with Crippen LogP contribution in [-0.4, -0.2) is 48.9 Å². The van der Waals surface area contributed by atoms with Crippen LogP contribution < -0.4 is 5.32 Å². The Bertz CT molecular complexity index is 154. The second-order valence-corrected chi connectivity index (χ2v) is 4.16. The van der Waals surface area contributed by atoms with E-state index in [0.717, 1.165) is 0 Å². The van der Waals surface area contributed by atoms with E-state index in [0.29, 0.717) is 5.75 Å². The molecular weight excluding hydrogens is 190 g/mol. The van der Waals surface area contributed by atoms with Gasteiger partial charge in [0, 0.05) is 11.0 Å². The summed E-state index contributed by atoms with van der Waals surface area (Å²) < 4.78 is 4.59. The quantitative estimate of drug-likeness (QED) is 0.594. The predicted molar refractivity (Wildman–Crippen MR) is 53.9 cm³/mol. The zero-order valence-electron chi connectivity index (χ0n) is 8.24. The first-order valence-corrected chi connectivity index (χ1v) is 5.18. The van der Waals surface area contributed by atoms with Gasteiger partial charge in [0.25, 0.3) is 0 Å². The first kappa shape index (κ1) is 12.7. The lowest BCUT2D eigenvalue weighted by molar-refractivity contribution is -0.142. The number of rotatable bonds is 6. The fourth-order valence-corrected chi connectivity index (χ4v) is 1.65. The average molecular weight is 207 g/mol. The van der Waals surface area contributed by atoms with Crippen molar-refractivity contribution in [2.24, 2.45) is 0 Å². The molecule has 0 aliphatic heterocycles. The molecule has 0 spiro atoms. The summed E-state index contributed by atoms with van der Waals surface area (Å²) in [5, 5.41) is 11.8. The number of esters is 1. The molecule has 0 heterocycles. The normalized spacial score (nSPS) is 15.1. The zero-order chi connectivity index (χ0) is 10.3. The van der Waals surface area contributed by atoms with E-state index in [1.807, 2.05) is 6.92 Å². The molecular formula is C8H17NO3S. The van der Waals surface area contributed by atoms with Gasteiger partial charge < -0.3 is 15.2 Å². The molecule has 13 heavy (non-hydrogen) atoms. The van der Waals surface area contributed by atoms with Crippen molar-refractivity contribution in [1.29, 1.82) is 0 Å². The molecule has 0 rings (SSSR count). The maximum absolute atomic E-state index is 11.1. The molecule has 0 fully saturated rings. The Morgan fingerprint density at radius 1 is 1.69 bits per heavy atom. The second-order valence-electron chi connectivity index (χ2n) is 2.69. The van der Waals surface area contributed by atoms with Crippen molar-refractivity contribution in [3.63, 3.8) is 0 Å². The van der Waals surface area contributed by atoms with Crippen LogP contribution in [-0.2, 0) is 9.53 Å². The smallest absolute Gasteiger partial charge is 0.323 e. The van der Waals surface area contributed by atoms with Crippen LogP contribution in [0.4, 0.5) is 0 Å². The molecule has 0 aromatic rings. The molecule has 0 saturated heterocycles. The fraction of sp³-hybridized carbons (Fsp3) is 0.875. The Labute approximate surface area is 83.0 Å². The number of nitrogens with one attached hydrogen (secondary N) is 1. The van der Waals surface area contributed by atoms with Crippen LogP contribution in [0.2, 0.25) is 0 Å². The van der Waals surface area contributed by atoms with Crippen LogP contribution in [0.1, 0.15) is 6.92 Å². The molecule has 0 amide bonds. The number of carbonyl (C=O) groups is 1. The molecule has 0 aromatic heterocycles. The van der Waals surface area contributed by atoms with Crippen LogP contribution in [0.3, 0.4) is 0 Å². The molecule has 2 N–H and O–H groups in total. The molecule has 2 unspecified atom stereocenters. The van der Waals surface area contributed by atoms with E-state index in [1.165, 1.54) is 18.9 Å². The lowest BCUT2D eigenvalue weighted by atomic mass is 10.3. The van der Waals surface area contributed by atoms with Crippen molar-refractivity contribution in [3.8, 4) is 0 Å². The second kappa shape index (κ2) is 7.17. The Morgan fingerprint density at radius 3 is 2.69 bits per heavy atom. The molecule has 78 valence electrons. The largest absolute Gasteiger partial charge is 0.468 e. The minimum Gasteiger partial charge on any atom is -0.468 e. The van der Waals surface area contributed by atoms with Crippen LogP contribution in [0.25, 0.3) is 0 Å². The van der Waals surface area contributed by atoms with Gasteiger partial charge in [-0.25, -0.2) is 0 Å². The average Bonchev–Trinajstić information content (AvgIpc) is 2.17. The van der Waals surface area contributed by atoms with Crippen molar-refractivity contribution < 1.29 is 14.6 Å². The highest BCUT2D eigenvalue weighted by atomic mass is 32.2. The summed E-state index contributed by atoms with van der Waals surface area (Å²) in [7, 11) is 3.08. The van der Waals surface area contributed by atoms with E-state index in [-0.39, 0.29) is 23.9 Å². The number of aliphatic hydroxyl groups is 1. The number of carbonyl (C=O) groups excluding carboxylic acids is 1. The Hall–Kier alpha value is -0.260. The Kier molecular flexibility index (Phi) is 7.03. The van der Waals surface area contributed by atoms with Crippen molar-refractivity contribution >= 4 is 17.7 Å². The van der Waals surface area contributed by atoms with Crippen molar-refractivity contribution in [3.05, 3.63) is 0 Å². The van der Waals surface area contributed by atoms with Crippen LogP contribution >= 0.6 is 11.8 Å². The van der Waals surface area contributed by atoms with Crippen LogP contribution in [0.5, 0.6) is 0 Å². The molecule has 2 atom stereocenters. The third-order valence-electron chi connectivity index (χ3n) is 1.64. The minimum absolute atomic E-state index is 0.127. The molecule has 0 aliphatic rings. The Balaban J connectivity index is 3.78. The number of ether oxygens (including phenoxy) is 1. The summed E-state index contributed by atoms with van der Waals surface area (Å²) in [5.74, 6) is 0.352. The minimum atomic E-state index is -0.288. The van der Waals surface area contributed by atoms with Gasteiger partial charge in [0.1, 0.15) is 6.04 Å². The number of methoxy groups -OCH3 is 1. The zero-order valence-corrected chi connectivity index (χ0v) is 9.06. The van der Waals surface area contributed by atoms with Gasteiger partial charge in [-0.15, -0.1) is 0 Å². The number of hydrogen-bond donors (Lipinski definition) is 2. The maximum Gasteiger partial charge on any atom is 0.323 e. The van der Waals surface area contributed by atoms with Crippen LogP contribution in [0.15, 0.2) is 0 Å². The lowest BCUT2D eigenvalue weighted by Crippen LogP contribution is -2.37. The lowest BCUT2D eigenvalue weighted by Gasteiger charge is -2.15. The number of likely N-dealkylation sites (N-methyl/N-ethyl adjacent to an activating group) is 1. The van der Waals surface area contributed by atoms with Gasteiger partial charge >= 0.3 is 5.97 Å². The molecule has 0 aliphatic carbocycles. The summed E-state index contributed by atoms with van der Waals surface area (Å²) in [5.41, 5.74) is 0. The number of thioether (sulfide) groups is 1. The molecule has 5 heteroatoms. The van der Waals surface area contributed by atoms with Gasteiger partial charge in [-0.1, -0.05) is 6.92 Å². The van der Waals surface area contributed by atoms with Gasteiger partial charge in [0.05, 0.1) is 13.7 Å².